The molecule has 1 aliphatic rings. The summed E-state index contributed by atoms with van der Waals surface area (Å²) in [6.07, 6.45) is 2.86. The van der Waals surface area contributed by atoms with E-state index in [1.165, 1.54) is 16.2 Å². The van der Waals surface area contributed by atoms with Crippen LogP contribution >= 0.6 is 11.3 Å². The van der Waals surface area contributed by atoms with Crippen LogP contribution in [-0.2, 0) is 24.1 Å². The van der Waals surface area contributed by atoms with Crippen molar-refractivity contribution in [2.75, 3.05) is 11.9 Å². The van der Waals surface area contributed by atoms with Crippen molar-refractivity contribution in [1.29, 1.82) is 0 Å². The van der Waals surface area contributed by atoms with Gasteiger partial charge in [-0.25, -0.2) is 4.79 Å². The zero-order valence-electron chi connectivity index (χ0n) is 14.1. The number of carbonyl (C=O) groups is 2. The number of ether oxygens (including phenoxy) is 1. The number of esters is 1. The van der Waals surface area contributed by atoms with Gasteiger partial charge < -0.3 is 10.1 Å². The third-order valence-electron chi connectivity index (χ3n) is 4.06. The van der Waals surface area contributed by atoms with Crippen molar-refractivity contribution in [3.8, 4) is 0 Å². The van der Waals surface area contributed by atoms with Crippen molar-refractivity contribution in [1.82, 2.24) is 9.78 Å². The fourth-order valence-corrected chi connectivity index (χ4v) is 4.32. The molecule has 1 amide bonds. The van der Waals surface area contributed by atoms with Crippen molar-refractivity contribution in [3.05, 3.63) is 33.5 Å². The Labute approximate surface area is 144 Å². The molecule has 1 N–H and O–H groups in total. The van der Waals surface area contributed by atoms with Gasteiger partial charge >= 0.3 is 5.97 Å². The van der Waals surface area contributed by atoms with E-state index < -0.39 is 0 Å². The number of aromatic nitrogens is 2. The number of anilines is 1. The average Bonchev–Trinajstić information content (AvgIpc) is 3.20. The lowest BCUT2D eigenvalue weighted by Gasteiger charge is -2.08. The lowest BCUT2D eigenvalue weighted by molar-refractivity contribution is 0.0527. The van der Waals surface area contributed by atoms with Crippen LogP contribution in [0.4, 0.5) is 5.00 Å². The van der Waals surface area contributed by atoms with Crippen molar-refractivity contribution in [2.24, 2.45) is 0 Å². The molecule has 0 fully saturated rings. The van der Waals surface area contributed by atoms with E-state index in [2.05, 4.69) is 10.4 Å². The molecular formula is C17H21N3O3S. The van der Waals surface area contributed by atoms with Gasteiger partial charge in [-0.1, -0.05) is 0 Å². The number of thiophene rings is 1. The van der Waals surface area contributed by atoms with Crippen LogP contribution in [0.5, 0.6) is 0 Å². The number of amides is 1. The second-order valence-corrected chi connectivity index (χ2v) is 6.83. The predicted molar refractivity (Wildman–Crippen MR) is 92.9 cm³/mol. The molecule has 24 heavy (non-hydrogen) atoms. The van der Waals surface area contributed by atoms with Gasteiger partial charge in [0.2, 0.25) is 0 Å². The van der Waals surface area contributed by atoms with Crippen molar-refractivity contribution in [2.45, 2.75) is 46.6 Å². The smallest absolute Gasteiger partial charge is 0.341 e. The quantitative estimate of drug-likeness (QED) is 0.843. The minimum Gasteiger partial charge on any atom is -0.462 e. The summed E-state index contributed by atoms with van der Waals surface area (Å²) in [7, 11) is 0. The fourth-order valence-electron chi connectivity index (χ4n) is 3.05. The summed E-state index contributed by atoms with van der Waals surface area (Å²) in [6, 6.07) is 1.75. The van der Waals surface area contributed by atoms with Gasteiger partial charge in [0.25, 0.3) is 5.91 Å². The molecule has 0 saturated carbocycles. The number of nitrogens with zero attached hydrogens (tertiary/aromatic N) is 2. The molecule has 0 unspecified atom stereocenters. The standard InChI is InChI=1S/C17H21N3O3S/c1-4-20-12(9-10(3)19-20)15(21)18-16-14(17(22)23-5-2)11-7-6-8-13(11)24-16/h9H,4-8H2,1-3H3,(H,18,21). The minimum atomic E-state index is -0.354. The minimum absolute atomic E-state index is 0.247. The monoisotopic (exact) mass is 347 g/mol. The molecule has 0 saturated heterocycles. The van der Waals surface area contributed by atoms with E-state index in [1.807, 2.05) is 13.8 Å². The van der Waals surface area contributed by atoms with E-state index in [9.17, 15) is 9.59 Å². The summed E-state index contributed by atoms with van der Waals surface area (Å²) in [4.78, 5) is 26.2. The van der Waals surface area contributed by atoms with Gasteiger partial charge in [-0.3, -0.25) is 9.48 Å². The Morgan fingerprint density at radius 3 is 2.88 bits per heavy atom. The summed E-state index contributed by atoms with van der Waals surface area (Å²) in [6.45, 7) is 6.51. The molecule has 0 spiro atoms. The molecular weight excluding hydrogens is 326 g/mol. The Morgan fingerprint density at radius 2 is 2.17 bits per heavy atom. The molecule has 0 bridgehead atoms. The van der Waals surface area contributed by atoms with E-state index >= 15 is 0 Å². The van der Waals surface area contributed by atoms with Gasteiger partial charge in [-0.05, 0) is 51.7 Å². The van der Waals surface area contributed by atoms with Crippen molar-refractivity contribution < 1.29 is 14.3 Å². The molecule has 0 aliphatic heterocycles. The number of carbonyl (C=O) groups excluding carboxylic acids is 2. The van der Waals surface area contributed by atoms with Gasteiger partial charge in [0.15, 0.2) is 0 Å². The van der Waals surface area contributed by atoms with E-state index in [0.29, 0.717) is 29.4 Å². The highest BCUT2D eigenvalue weighted by atomic mass is 32.1. The maximum Gasteiger partial charge on any atom is 0.341 e. The molecule has 128 valence electrons. The molecule has 0 aromatic carbocycles. The highest BCUT2D eigenvalue weighted by Crippen LogP contribution is 2.39. The normalized spacial score (nSPS) is 13.0. The topological polar surface area (TPSA) is 73.2 Å². The Balaban J connectivity index is 1.92. The van der Waals surface area contributed by atoms with Gasteiger partial charge in [-0.15, -0.1) is 11.3 Å². The third-order valence-corrected chi connectivity index (χ3v) is 5.27. The first-order valence-electron chi connectivity index (χ1n) is 8.22. The summed E-state index contributed by atoms with van der Waals surface area (Å²) in [5, 5.41) is 7.79. The predicted octanol–water partition coefficient (Wildman–Crippen LogP) is 3.19. The van der Waals surface area contributed by atoms with Gasteiger partial charge in [0, 0.05) is 11.4 Å². The Kier molecular flexibility index (Phi) is 4.71. The van der Waals surface area contributed by atoms with E-state index in [1.54, 1.807) is 17.7 Å². The number of nitrogens with one attached hydrogen (secondary N) is 1. The van der Waals surface area contributed by atoms with Crippen LogP contribution in [0.15, 0.2) is 6.07 Å². The zero-order valence-corrected chi connectivity index (χ0v) is 15.0. The van der Waals surface area contributed by atoms with Crippen LogP contribution in [0.3, 0.4) is 0 Å². The van der Waals surface area contributed by atoms with Crippen LogP contribution < -0.4 is 5.32 Å². The van der Waals surface area contributed by atoms with Crippen LogP contribution in [-0.4, -0.2) is 28.3 Å². The molecule has 7 heteroatoms. The van der Waals surface area contributed by atoms with E-state index in [-0.39, 0.29) is 11.9 Å². The third kappa shape index (κ3) is 2.96. The van der Waals surface area contributed by atoms with E-state index in [4.69, 9.17) is 4.74 Å². The average molecular weight is 347 g/mol. The SMILES string of the molecule is CCOC(=O)c1c(NC(=O)c2cc(C)nn2CC)sc2c1CCC2. The maximum atomic E-state index is 12.6. The molecule has 2 aromatic rings. The first-order valence-corrected chi connectivity index (χ1v) is 9.04. The number of aryl methyl sites for hydroxylation is 3. The second-order valence-electron chi connectivity index (χ2n) is 5.72. The van der Waals surface area contributed by atoms with Crippen LogP contribution in [0.25, 0.3) is 0 Å². The van der Waals surface area contributed by atoms with Gasteiger partial charge in [-0.2, -0.15) is 5.10 Å². The van der Waals surface area contributed by atoms with Crippen LogP contribution in [0.1, 0.15) is 57.2 Å². The van der Waals surface area contributed by atoms with Gasteiger partial charge in [0.1, 0.15) is 10.7 Å². The Hall–Kier alpha value is -2.15. The number of fused-ring (bicyclic) bond motifs is 1. The van der Waals surface area contributed by atoms with Crippen LogP contribution in [0.2, 0.25) is 0 Å². The number of hydrogen-bond acceptors (Lipinski definition) is 5. The zero-order chi connectivity index (χ0) is 17.3. The van der Waals surface area contributed by atoms with Crippen molar-refractivity contribution in [3.63, 3.8) is 0 Å². The van der Waals surface area contributed by atoms with Crippen molar-refractivity contribution >= 4 is 28.2 Å². The van der Waals surface area contributed by atoms with E-state index in [0.717, 1.165) is 30.5 Å². The molecule has 3 rings (SSSR count). The lowest BCUT2D eigenvalue weighted by Crippen LogP contribution is -2.18. The lowest BCUT2D eigenvalue weighted by atomic mass is 10.1. The fraction of sp³-hybridized carbons (Fsp3) is 0.471. The number of hydrogen-bond donors (Lipinski definition) is 1. The largest absolute Gasteiger partial charge is 0.462 e. The molecule has 1 aliphatic carbocycles. The number of rotatable bonds is 5. The maximum absolute atomic E-state index is 12.6. The summed E-state index contributed by atoms with van der Waals surface area (Å²) in [5.41, 5.74) is 2.86. The molecule has 0 atom stereocenters. The second kappa shape index (κ2) is 6.76. The molecule has 2 aromatic heterocycles. The summed E-state index contributed by atoms with van der Waals surface area (Å²) < 4.78 is 6.85. The Morgan fingerprint density at radius 1 is 1.38 bits per heavy atom. The highest BCUT2D eigenvalue weighted by molar-refractivity contribution is 7.17. The highest BCUT2D eigenvalue weighted by Gasteiger charge is 2.29. The molecule has 6 nitrogen and oxygen atoms in total. The first-order chi connectivity index (χ1) is 11.5. The summed E-state index contributed by atoms with van der Waals surface area (Å²) in [5.74, 6) is -0.602. The Bertz CT molecular complexity index is 791. The van der Waals surface area contributed by atoms with Gasteiger partial charge in [0.05, 0.1) is 17.9 Å². The molecule has 0 radical (unpaired) electrons. The molecule has 2 heterocycles. The summed E-state index contributed by atoms with van der Waals surface area (Å²) >= 11 is 1.48. The first kappa shape index (κ1) is 16.7. The van der Waals surface area contributed by atoms with Crippen LogP contribution in [0, 0.1) is 6.92 Å².